The molecule has 0 saturated heterocycles. The molecular formula is C14H9F2NO. The highest BCUT2D eigenvalue weighted by Crippen LogP contribution is 2.28. The van der Waals surface area contributed by atoms with Crippen molar-refractivity contribution in [2.24, 2.45) is 0 Å². The molecule has 2 aromatic carbocycles. The van der Waals surface area contributed by atoms with E-state index >= 15 is 0 Å². The van der Waals surface area contributed by atoms with Crippen LogP contribution >= 0.6 is 0 Å². The molecular weight excluding hydrogens is 236 g/mol. The van der Waals surface area contributed by atoms with Gasteiger partial charge in [-0.3, -0.25) is 0 Å². The van der Waals surface area contributed by atoms with Gasteiger partial charge in [-0.1, -0.05) is 0 Å². The van der Waals surface area contributed by atoms with E-state index in [1.165, 1.54) is 25.3 Å². The molecule has 2 aromatic rings. The number of benzene rings is 2. The van der Waals surface area contributed by atoms with Crippen LogP contribution in [-0.2, 0) is 0 Å². The lowest BCUT2D eigenvalue weighted by molar-refractivity contribution is 0.414. The largest absolute Gasteiger partial charge is 0.497 e. The van der Waals surface area contributed by atoms with Crippen LogP contribution in [0.1, 0.15) is 5.56 Å². The van der Waals surface area contributed by atoms with Crippen LogP contribution in [-0.4, -0.2) is 7.11 Å². The van der Waals surface area contributed by atoms with Crippen molar-refractivity contribution in [2.45, 2.75) is 0 Å². The maximum Gasteiger partial charge on any atom is 0.126 e. The minimum Gasteiger partial charge on any atom is -0.497 e. The fourth-order valence-corrected chi connectivity index (χ4v) is 1.70. The van der Waals surface area contributed by atoms with Crippen LogP contribution in [0.5, 0.6) is 5.75 Å². The predicted molar refractivity (Wildman–Crippen MR) is 63.1 cm³/mol. The molecule has 0 unspecified atom stereocenters. The number of rotatable bonds is 2. The van der Waals surface area contributed by atoms with Crippen molar-refractivity contribution in [1.29, 1.82) is 5.26 Å². The molecule has 4 heteroatoms. The Morgan fingerprint density at radius 1 is 1.06 bits per heavy atom. The molecule has 0 amide bonds. The van der Waals surface area contributed by atoms with Crippen LogP contribution < -0.4 is 4.74 Å². The standard InChI is InChI=1S/C14H9F2NO/c1-18-13-2-3-14(10(6-13)8-17)9-4-11(15)7-12(16)5-9/h2-7H,1H3. The number of methoxy groups -OCH3 is 1. The van der Waals surface area contributed by atoms with Gasteiger partial charge in [0.15, 0.2) is 0 Å². The van der Waals surface area contributed by atoms with E-state index in [-0.39, 0.29) is 0 Å². The summed E-state index contributed by atoms with van der Waals surface area (Å²) in [5, 5.41) is 9.05. The molecule has 0 heterocycles. The zero-order chi connectivity index (χ0) is 13.1. The Labute approximate surface area is 103 Å². The van der Waals surface area contributed by atoms with Gasteiger partial charge >= 0.3 is 0 Å². The smallest absolute Gasteiger partial charge is 0.126 e. The lowest BCUT2D eigenvalue weighted by Crippen LogP contribution is -1.90. The van der Waals surface area contributed by atoms with Crippen molar-refractivity contribution < 1.29 is 13.5 Å². The molecule has 2 rings (SSSR count). The third kappa shape index (κ3) is 2.30. The second-order valence-electron chi connectivity index (χ2n) is 3.68. The van der Waals surface area contributed by atoms with E-state index in [0.29, 0.717) is 22.4 Å². The molecule has 2 nitrogen and oxygen atoms in total. The van der Waals surface area contributed by atoms with E-state index < -0.39 is 11.6 Å². The number of nitriles is 1. The van der Waals surface area contributed by atoms with Crippen molar-refractivity contribution in [3.63, 3.8) is 0 Å². The highest BCUT2D eigenvalue weighted by molar-refractivity contribution is 5.71. The van der Waals surface area contributed by atoms with Crippen LogP contribution in [0.4, 0.5) is 8.78 Å². The number of nitrogens with zero attached hydrogens (tertiary/aromatic N) is 1. The first-order valence-corrected chi connectivity index (χ1v) is 5.18. The van der Waals surface area contributed by atoms with Gasteiger partial charge in [0, 0.05) is 6.07 Å². The first-order valence-electron chi connectivity index (χ1n) is 5.18. The highest BCUT2D eigenvalue weighted by atomic mass is 19.1. The van der Waals surface area contributed by atoms with Gasteiger partial charge in [-0.15, -0.1) is 0 Å². The molecule has 0 fully saturated rings. The van der Waals surface area contributed by atoms with Crippen LogP contribution in [0, 0.1) is 23.0 Å². The van der Waals surface area contributed by atoms with E-state index in [0.717, 1.165) is 6.07 Å². The maximum absolute atomic E-state index is 13.1. The Morgan fingerprint density at radius 2 is 1.72 bits per heavy atom. The molecule has 0 bridgehead atoms. The summed E-state index contributed by atoms with van der Waals surface area (Å²) in [6, 6.07) is 9.91. The van der Waals surface area contributed by atoms with Crippen molar-refractivity contribution in [3.05, 3.63) is 53.6 Å². The normalized spacial score (nSPS) is 9.89. The van der Waals surface area contributed by atoms with Crippen LogP contribution in [0.3, 0.4) is 0 Å². The first kappa shape index (κ1) is 12.1. The molecule has 0 spiro atoms. The van der Waals surface area contributed by atoms with Gasteiger partial charge in [0.25, 0.3) is 0 Å². The average molecular weight is 245 g/mol. The van der Waals surface area contributed by atoms with Gasteiger partial charge in [0.1, 0.15) is 17.4 Å². The van der Waals surface area contributed by atoms with Gasteiger partial charge < -0.3 is 4.74 Å². The van der Waals surface area contributed by atoms with Crippen molar-refractivity contribution in [2.75, 3.05) is 7.11 Å². The summed E-state index contributed by atoms with van der Waals surface area (Å²) >= 11 is 0. The third-order valence-electron chi connectivity index (χ3n) is 2.52. The molecule has 0 aliphatic carbocycles. The van der Waals surface area contributed by atoms with Gasteiger partial charge in [0.05, 0.1) is 18.7 Å². The Hall–Kier alpha value is -2.41. The summed E-state index contributed by atoms with van der Waals surface area (Å²) < 4.78 is 31.3. The number of halogens is 2. The highest BCUT2D eigenvalue weighted by Gasteiger charge is 2.09. The van der Waals surface area contributed by atoms with Crippen LogP contribution in [0.15, 0.2) is 36.4 Å². The Kier molecular flexibility index (Phi) is 3.24. The molecule has 90 valence electrons. The van der Waals surface area contributed by atoms with Gasteiger partial charge in [-0.05, 0) is 41.5 Å². The van der Waals surface area contributed by atoms with Crippen molar-refractivity contribution in [3.8, 4) is 22.9 Å². The van der Waals surface area contributed by atoms with Crippen LogP contribution in [0.25, 0.3) is 11.1 Å². The monoisotopic (exact) mass is 245 g/mol. The summed E-state index contributed by atoms with van der Waals surface area (Å²) in [5.74, 6) is -0.832. The predicted octanol–water partition coefficient (Wildman–Crippen LogP) is 3.51. The molecule has 0 aliphatic rings. The molecule has 0 aliphatic heterocycles. The summed E-state index contributed by atoms with van der Waals surface area (Å²) in [4.78, 5) is 0. The van der Waals surface area contributed by atoms with Crippen molar-refractivity contribution in [1.82, 2.24) is 0 Å². The summed E-state index contributed by atoms with van der Waals surface area (Å²) in [5.41, 5.74) is 1.10. The summed E-state index contributed by atoms with van der Waals surface area (Å²) in [7, 11) is 1.48. The van der Waals surface area contributed by atoms with Gasteiger partial charge in [0.2, 0.25) is 0 Å². The molecule has 0 radical (unpaired) electrons. The van der Waals surface area contributed by atoms with Gasteiger partial charge in [-0.2, -0.15) is 5.26 Å². The lowest BCUT2D eigenvalue weighted by atomic mass is 10.00. The van der Waals surface area contributed by atoms with Crippen LogP contribution in [0.2, 0.25) is 0 Å². The molecule has 0 atom stereocenters. The Morgan fingerprint density at radius 3 is 2.28 bits per heavy atom. The number of ether oxygens (including phenoxy) is 1. The fraction of sp³-hybridized carbons (Fsp3) is 0.0714. The zero-order valence-corrected chi connectivity index (χ0v) is 9.58. The fourth-order valence-electron chi connectivity index (χ4n) is 1.70. The number of hydrogen-bond donors (Lipinski definition) is 0. The van der Waals surface area contributed by atoms with Crippen molar-refractivity contribution >= 4 is 0 Å². The van der Waals surface area contributed by atoms with E-state index in [4.69, 9.17) is 10.00 Å². The minimum absolute atomic E-state index is 0.305. The lowest BCUT2D eigenvalue weighted by Gasteiger charge is -2.07. The Balaban J connectivity index is 2.60. The number of hydrogen-bond acceptors (Lipinski definition) is 2. The second kappa shape index (κ2) is 4.84. The molecule has 0 saturated carbocycles. The van der Waals surface area contributed by atoms with E-state index in [1.54, 1.807) is 12.1 Å². The summed E-state index contributed by atoms with van der Waals surface area (Å²) in [6.07, 6.45) is 0. The quantitative estimate of drug-likeness (QED) is 0.811. The third-order valence-corrected chi connectivity index (χ3v) is 2.52. The Bertz CT molecular complexity index is 612. The molecule has 0 N–H and O–H groups in total. The van der Waals surface area contributed by atoms with E-state index in [9.17, 15) is 8.78 Å². The first-order chi connectivity index (χ1) is 8.63. The summed E-state index contributed by atoms with van der Waals surface area (Å²) in [6.45, 7) is 0. The topological polar surface area (TPSA) is 33.0 Å². The zero-order valence-electron chi connectivity index (χ0n) is 9.58. The van der Waals surface area contributed by atoms with E-state index in [1.807, 2.05) is 6.07 Å². The average Bonchev–Trinajstić information content (AvgIpc) is 2.36. The minimum atomic E-state index is -0.676. The van der Waals surface area contributed by atoms with Gasteiger partial charge in [-0.25, -0.2) is 8.78 Å². The second-order valence-corrected chi connectivity index (χ2v) is 3.68. The molecule has 0 aromatic heterocycles. The maximum atomic E-state index is 13.1. The molecule has 18 heavy (non-hydrogen) atoms. The van der Waals surface area contributed by atoms with E-state index in [2.05, 4.69) is 0 Å². The SMILES string of the molecule is COc1ccc(-c2cc(F)cc(F)c2)c(C#N)c1.